The van der Waals surface area contributed by atoms with Crippen LogP contribution in [-0.4, -0.2) is 11.3 Å². The van der Waals surface area contributed by atoms with E-state index in [0.29, 0.717) is 22.2 Å². The van der Waals surface area contributed by atoms with Crippen molar-refractivity contribution in [1.82, 2.24) is 4.98 Å². The molecule has 3 nitrogen and oxygen atoms in total. The van der Waals surface area contributed by atoms with Crippen LogP contribution in [0.4, 0.5) is 0 Å². The number of ether oxygens (including phenoxy) is 1. The highest BCUT2D eigenvalue weighted by Crippen LogP contribution is 2.28. The maximum atomic E-state index is 10.6. The third-order valence-corrected chi connectivity index (χ3v) is 2.81. The maximum Gasteiger partial charge on any atom is 0.219 e. The van der Waals surface area contributed by atoms with Gasteiger partial charge < -0.3 is 4.74 Å². The first-order chi connectivity index (χ1) is 8.72. The van der Waals surface area contributed by atoms with Crippen molar-refractivity contribution in [3.63, 3.8) is 0 Å². The van der Waals surface area contributed by atoms with E-state index in [1.54, 1.807) is 30.5 Å². The Morgan fingerprint density at radius 1 is 1.33 bits per heavy atom. The molecule has 0 saturated heterocycles. The van der Waals surface area contributed by atoms with Crippen molar-refractivity contribution >= 4 is 17.9 Å². The zero-order chi connectivity index (χ0) is 13.0. The van der Waals surface area contributed by atoms with Crippen molar-refractivity contribution in [2.75, 3.05) is 0 Å². The Labute approximate surface area is 110 Å². The van der Waals surface area contributed by atoms with Gasteiger partial charge in [-0.3, -0.25) is 4.79 Å². The van der Waals surface area contributed by atoms with Gasteiger partial charge in [0.2, 0.25) is 5.88 Å². The summed E-state index contributed by atoms with van der Waals surface area (Å²) in [6.07, 6.45) is 3.44. The van der Waals surface area contributed by atoms with Gasteiger partial charge in [0, 0.05) is 17.8 Å². The van der Waals surface area contributed by atoms with Gasteiger partial charge in [0.1, 0.15) is 12.0 Å². The highest BCUT2D eigenvalue weighted by Gasteiger charge is 2.05. The molecule has 1 aromatic heterocycles. The monoisotopic (exact) mass is 261 g/mol. The van der Waals surface area contributed by atoms with Gasteiger partial charge in [-0.25, -0.2) is 4.98 Å². The van der Waals surface area contributed by atoms with Crippen molar-refractivity contribution < 1.29 is 9.53 Å². The molecule has 0 bridgehead atoms. The number of benzene rings is 1. The molecule has 2 rings (SSSR count). The van der Waals surface area contributed by atoms with E-state index in [9.17, 15) is 4.79 Å². The van der Waals surface area contributed by atoms with Gasteiger partial charge >= 0.3 is 0 Å². The third kappa shape index (κ3) is 2.87. The molecule has 0 saturated carbocycles. The molecule has 0 N–H and O–H groups in total. The van der Waals surface area contributed by atoms with E-state index >= 15 is 0 Å². The Morgan fingerprint density at radius 3 is 2.72 bits per heavy atom. The van der Waals surface area contributed by atoms with Gasteiger partial charge in [0.05, 0.1) is 5.02 Å². The standard InChI is InChI=1S/C14H12ClNO2/c1-2-10-4-6-14(16-8-10)18-13-5-3-11(9-17)7-12(13)15/h3-9H,2H2,1H3. The third-order valence-electron chi connectivity index (χ3n) is 2.51. The molecule has 92 valence electrons. The molecule has 0 unspecified atom stereocenters. The molecule has 0 aliphatic rings. The number of nitrogens with zero attached hydrogens (tertiary/aromatic N) is 1. The number of pyridine rings is 1. The number of carbonyl (C=O) groups excluding carboxylic acids is 1. The van der Waals surface area contributed by atoms with E-state index in [1.807, 2.05) is 6.07 Å². The summed E-state index contributed by atoms with van der Waals surface area (Å²) in [5.41, 5.74) is 1.66. The molecule has 0 fully saturated rings. The summed E-state index contributed by atoms with van der Waals surface area (Å²) < 4.78 is 5.55. The molecule has 0 amide bonds. The van der Waals surface area contributed by atoms with Gasteiger partial charge in [-0.2, -0.15) is 0 Å². The largest absolute Gasteiger partial charge is 0.437 e. The first-order valence-corrected chi connectivity index (χ1v) is 5.98. The Kier molecular flexibility index (Phi) is 3.95. The number of rotatable bonds is 4. The molecule has 0 aliphatic carbocycles. The van der Waals surface area contributed by atoms with E-state index in [0.717, 1.165) is 18.3 Å². The van der Waals surface area contributed by atoms with Gasteiger partial charge in [0.15, 0.2) is 0 Å². The van der Waals surface area contributed by atoms with Gasteiger partial charge in [-0.1, -0.05) is 24.6 Å². The van der Waals surface area contributed by atoms with Crippen LogP contribution in [0.15, 0.2) is 36.5 Å². The molecular weight excluding hydrogens is 250 g/mol. The van der Waals surface area contributed by atoms with Crippen LogP contribution in [0.1, 0.15) is 22.8 Å². The second-order valence-corrected chi connectivity index (χ2v) is 4.18. The topological polar surface area (TPSA) is 39.2 Å². The lowest BCUT2D eigenvalue weighted by atomic mass is 10.2. The number of halogens is 1. The smallest absolute Gasteiger partial charge is 0.219 e. The van der Waals surface area contributed by atoms with Crippen molar-refractivity contribution in [3.8, 4) is 11.6 Å². The van der Waals surface area contributed by atoms with Crippen molar-refractivity contribution in [3.05, 3.63) is 52.7 Å². The Balaban J connectivity index is 2.19. The lowest BCUT2D eigenvalue weighted by molar-refractivity contribution is 0.112. The second-order valence-electron chi connectivity index (χ2n) is 3.77. The second kappa shape index (κ2) is 5.65. The summed E-state index contributed by atoms with van der Waals surface area (Å²) in [5, 5.41) is 0.390. The van der Waals surface area contributed by atoms with E-state index < -0.39 is 0 Å². The van der Waals surface area contributed by atoms with Gasteiger partial charge in [-0.15, -0.1) is 0 Å². The zero-order valence-corrected chi connectivity index (χ0v) is 10.6. The summed E-state index contributed by atoms with van der Waals surface area (Å²) in [6, 6.07) is 8.61. The first kappa shape index (κ1) is 12.6. The van der Waals surface area contributed by atoms with E-state index in [1.165, 1.54) is 0 Å². The minimum Gasteiger partial charge on any atom is -0.437 e. The van der Waals surface area contributed by atoms with Crippen LogP contribution in [0.3, 0.4) is 0 Å². The molecular formula is C14H12ClNO2. The predicted molar refractivity (Wildman–Crippen MR) is 70.5 cm³/mol. The van der Waals surface area contributed by atoms with E-state index in [4.69, 9.17) is 16.3 Å². The van der Waals surface area contributed by atoms with Gasteiger partial charge in [0.25, 0.3) is 0 Å². The minimum atomic E-state index is 0.390. The Bertz CT molecular complexity index is 552. The molecule has 18 heavy (non-hydrogen) atoms. The lowest BCUT2D eigenvalue weighted by Gasteiger charge is -2.07. The number of aromatic nitrogens is 1. The van der Waals surface area contributed by atoms with Crippen LogP contribution < -0.4 is 4.74 Å². The Morgan fingerprint density at radius 2 is 2.17 bits per heavy atom. The van der Waals surface area contributed by atoms with Crippen LogP contribution in [0.2, 0.25) is 5.02 Å². The quantitative estimate of drug-likeness (QED) is 0.784. The summed E-state index contributed by atoms with van der Waals surface area (Å²) in [7, 11) is 0. The van der Waals surface area contributed by atoms with Crippen LogP contribution >= 0.6 is 11.6 Å². The summed E-state index contributed by atoms with van der Waals surface area (Å²) >= 11 is 6.00. The summed E-state index contributed by atoms with van der Waals surface area (Å²) in [4.78, 5) is 14.8. The molecule has 1 aromatic carbocycles. The highest BCUT2D eigenvalue weighted by molar-refractivity contribution is 6.32. The molecule has 1 heterocycles. The van der Waals surface area contributed by atoms with Gasteiger partial charge in [-0.05, 0) is 30.2 Å². The highest BCUT2D eigenvalue weighted by atomic mass is 35.5. The number of aryl methyl sites for hydroxylation is 1. The van der Waals surface area contributed by atoms with E-state index in [-0.39, 0.29) is 0 Å². The minimum absolute atomic E-state index is 0.390. The average Bonchev–Trinajstić information content (AvgIpc) is 2.42. The maximum absolute atomic E-state index is 10.6. The average molecular weight is 262 g/mol. The molecule has 4 heteroatoms. The van der Waals surface area contributed by atoms with Crippen molar-refractivity contribution in [2.24, 2.45) is 0 Å². The zero-order valence-electron chi connectivity index (χ0n) is 9.89. The number of hydrogen-bond donors (Lipinski definition) is 0. The molecule has 0 aliphatic heterocycles. The summed E-state index contributed by atoms with van der Waals surface area (Å²) in [5.74, 6) is 0.965. The van der Waals surface area contributed by atoms with Crippen LogP contribution in [0.5, 0.6) is 11.6 Å². The predicted octanol–water partition coefficient (Wildman–Crippen LogP) is 3.90. The van der Waals surface area contributed by atoms with Crippen LogP contribution in [0.25, 0.3) is 0 Å². The first-order valence-electron chi connectivity index (χ1n) is 5.60. The molecule has 0 spiro atoms. The SMILES string of the molecule is CCc1ccc(Oc2ccc(C=O)cc2Cl)nc1. The van der Waals surface area contributed by atoms with Crippen molar-refractivity contribution in [1.29, 1.82) is 0 Å². The summed E-state index contributed by atoms with van der Waals surface area (Å²) in [6.45, 7) is 2.06. The van der Waals surface area contributed by atoms with Crippen LogP contribution in [-0.2, 0) is 6.42 Å². The fourth-order valence-corrected chi connectivity index (χ4v) is 1.69. The number of aldehydes is 1. The number of hydrogen-bond acceptors (Lipinski definition) is 3. The molecule has 2 aromatic rings. The molecule has 0 atom stereocenters. The lowest BCUT2D eigenvalue weighted by Crippen LogP contribution is -1.91. The fourth-order valence-electron chi connectivity index (χ4n) is 1.47. The Hall–Kier alpha value is -1.87. The fraction of sp³-hybridized carbons (Fsp3) is 0.143. The molecule has 0 radical (unpaired) electrons. The van der Waals surface area contributed by atoms with Crippen LogP contribution in [0, 0.1) is 0 Å². The normalized spacial score (nSPS) is 10.1. The number of carbonyl (C=O) groups is 1. The van der Waals surface area contributed by atoms with E-state index in [2.05, 4.69) is 11.9 Å². The van der Waals surface area contributed by atoms with Crippen molar-refractivity contribution in [2.45, 2.75) is 13.3 Å².